The molecule has 2 heterocycles. The molecule has 0 bridgehead atoms. The van der Waals surface area contributed by atoms with Gasteiger partial charge in [0.15, 0.2) is 0 Å². The van der Waals surface area contributed by atoms with Crippen molar-refractivity contribution in [2.75, 3.05) is 6.54 Å². The first-order chi connectivity index (χ1) is 6.74. The Morgan fingerprint density at radius 1 is 1.60 bits per heavy atom. The van der Waals surface area contributed by atoms with E-state index in [9.17, 15) is 4.79 Å². The fraction of sp³-hybridized carbons (Fsp3) is 0.400. The van der Waals surface area contributed by atoms with Gasteiger partial charge < -0.3 is 9.47 Å². The number of imidazole rings is 1. The topological polar surface area (TPSA) is 38.1 Å². The maximum absolute atomic E-state index is 10.7. The summed E-state index contributed by atoms with van der Waals surface area (Å²) in [6.45, 7) is 4.36. The monoisotopic (exact) mass is 229 g/mol. The molecule has 2 rings (SSSR count). The molecule has 0 spiro atoms. The molecule has 1 aromatic heterocycles. The van der Waals surface area contributed by atoms with Gasteiger partial charge in [-0.05, 0) is 12.6 Å². The maximum Gasteiger partial charge on any atom is 0.226 e. The van der Waals surface area contributed by atoms with Crippen LogP contribution in [-0.2, 0) is 11.8 Å². The van der Waals surface area contributed by atoms with Crippen LogP contribution in [0.5, 0.6) is 0 Å². The molecule has 84 valence electrons. The van der Waals surface area contributed by atoms with Gasteiger partial charge in [-0.25, -0.2) is 4.98 Å². The molecule has 1 aliphatic heterocycles. The largest absolute Gasteiger partial charge is 0.341 e. The van der Waals surface area contributed by atoms with Crippen molar-refractivity contribution >= 4 is 18.3 Å². The van der Waals surface area contributed by atoms with Crippen molar-refractivity contribution in [3.63, 3.8) is 0 Å². The summed E-state index contributed by atoms with van der Waals surface area (Å²) >= 11 is 0. The van der Waals surface area contributed by atoms with Gasteiger partial charge in [0.25, 0.3) is 0 Å². The van der Waals surface area contributed by atoms with Crippen LogP contribution in [0.25, 0.3) is 0 Å². The van der Waals surface area contributed by atoms with Crippen molar-refractivity contribution in [2.45, 2.75) is 12.8 Å². The van der Waals surface area contributed by atoms with Crippen LogP contribution in [0.3, 0.4) is 0 Å². The maximum atomic E-state index is 10.7. The minimum atomic E-state index is 0. The smallest absolute Gasteiger partial charge is 0.226 e. The number of rotatable bonds is 1. The second-order valence-electron chi connectivity index (χ2n) is 3.10. The van der Waals surface area contributed by atoms with Gasteiger partial charge in [0, 0.05) is 32.4 Å². The molecule has 1 fully saturated rings. The molecule has 0 radical (unpaired) electrons. The Bertz CT molecular complexity index is 298. The lowest BCUT2D eigenvalue weighted by atomic mass is 10.4. The summed E-state index contributed by atoms with van der Waals surface area (Å²) in [5.41, 5.74) is 0. The standard InChI is InChI=1S/C6H9NO.C4H6N2.ClH/c1-2-7-5-3-4-6(7)8;1-6-3-2-5-4-6;/h2H,1,3-5H2;2-4H,1H3;1H. The van der Waals surface area contributed by atoms with E-state index >= 15 is 0 Å². The molecule has 1 aromatic rings. The first-order valence-corrected chi connectivity index (χ1v) is 4.58. The molecule has 0 unspecified atom stereocenters. The van der Waals surface area contributed by atoms with Gasteiger partial charge >= 0.3 is 0 Å². The number of hydrogen-bond donors (Lipinski definition) is 0. The highest BCUT2D eigenvalue weighted by molar-refractivity contribution is 5.85. The molecule has 1 aliphatic rings. The van der Waals surface area contributed by atoms with Crippen molar-refractivity contribution in [1.82, 2.24) is 14.5 Å². The fourth-order valence-corrected chi connectivity index (χ4v) is 1.19. The average Bonchev–Trinajstić information content (AvgIpc) is 2.77. The number of carbonyl (C=O) groups excluding carboxylic acids is 1. The Labute approximate surface area is 96.0 Å². The lowest BCUT2D eigenvalue weighted by Gasteiger charge is -2.05. The summed E-state index contributed by atoms with van der Waals surface area (Å²) in [5, 5.41) is 0. The van der Waals surface area contributed by atoms with Gasteiger partial charge in [-0.3, -0.25) is 4.79 Å². The number of hydrogen-bond acceptors (Lipinski definition) is 2. The van der Waals surface area contributed by atoms with Crippen molar-refractivity contribution < 1.29 is 4.79 Å². The van der Waals surface area contributed by atoms with Crippen molar-refractivity contribution in [3.05, 3.63) is 31.5 Å². The van der Waals surface area contributed by atoms with Crippen molar-refractivity contribution in [2.24, 2.45) is 7.05 Å². The number of likely N-dealkylation sites (tertiary alicyclic amines) is 1. The summed E-state index contributed by atoms with van der Waals surface area (Å²) in [4.78, 5) is 16.1. The predicted molar refractivity (Wildman–Crippen MR) is 61.6 cm³/mol. The Balaban J connectivity index is 0.000000253. The van der Waals surface area contributed by atoms with E-state index in [1.54, 1.807) is 23.6 Å². The van der Waals surface area contributed by atoms with Crippen LogP contribution >= 0.6 is 12.4 Å². The van der Waals surface area contributed by atoms with E-state index in [-0.39, 0.29) is 18.3 Å². The molecule has 1 saturated heterocycles. The van der Waals surface area contributed by atoms with Crippen LogP contribution in [0.15, 0.2) is 31.5 Å². The quantitative estimate of drug-likeness (QED) is 0.734. The zero-order chi connectivity index (χ0) is 10.4. The third-order valence-corrected chi connectivity index (χ3v) is 1.97. The average molecular weight is 230 g/mol. The number of carbonyl (C=O) groups is 1. The van der Waals surface area contributed by atoms with E-state index in [0.717, 1.165) is 13.0 Å². The second-order valence-corrected chi connectivity index (χ2v) is 3.10. The van der Waals surface area contributed by atoms with E-state index in [0.29, 0.717) is 6.42 Å². The van der Waals surface area contributed by atoms with Crippen LogP contribution < -0.4 is 0 Å². The second kappa shape index (κ2) is 7.06. The van der Waals surface area contributed by atoms with Gasteiger partial charge in [0.05, 0.1) is 6.33 Å². The Morgan fingerprint density at radius 2 is 2.33 bits per heavy atom. The van der Waals surface area contributed by atoms with E-state index in [4.69, 9.17) is 0 Å². The first kappa shape index (κ1) is 13.7. The Kier molecular flexibility index (Phi) is 6.45. The van der Waals surface area contributed by atoms with E-state index in [1.807, 2.05) is 17.8 Å². The third-order valence-electron chi connectivity index (χ3n) is 1.97. The Hall–Kier alpha value is -1.29. The molecule has 1 amide bonds. The van der Waals surface area contributed by atoms with Crippen LogP contribution in [-0.4, -0.2) is 26.9 Å². The summed E-state index contributed by atoms with van der Waals surface area (Å²) in [6, 6.07) is 0. The summed E-state index contributed by atoms with van der Waals surface area (Å²) in [5.74, 6) is 0.208. The van der Waals surface area contributed by atoms with E-state index < -0.39 is 0 Å². The lowest BCUT2D eigenvalue weighted by molar-refractivity contribution is -0.125. The molecule has 4 nitrogen and oxygen atoms in total. The lowest BCUT2D eigenvalue weighted by Crippen LogP contribution is -2.16. The molecule has 0 aromatic carbocycles. The first-order valence-electron chi connectivity index (χ1n) is 4.58. The van der Waals surface area contributed by atoms with Crippen molar-refractivity contribution in [1.29, 1.82) is 0 Å². The number of aryl methyl sites for hydroxylation is 1. The summed E-state index contributed by atoms with van der Waals surface area (Å²) in [6.07, 6.45) is 8.67. The minimum Gasteiger partial charge on any atom is -0.341 e. The van der Waals surface area contributed by atoms with Gasteiger partial charge in [-0.15, -0.1) is 12.4 Å². The van der Waals surface area contributed by atoms with Crippen LogP contribution in [0.4, 0.5) is 0 Å². The van der Waals surface area contributed by atoms with Crippen LogP contribution in [0.2, 0.25) is 0 Å². The third kappa shape index (κ3) is 4.65. The SMILES string of the molecule is C=CN1CCCC1=O.Cl.Cn1ccnc1. The number of halogens is 1. The summed E-state index contributed by atoms with van der Waals surface area (Å²) < 4.78 is 1.89. The molecule has 0 saturated carbocycles. The van der Waals surface area contributed by atoms with Gasteiger partial charge in [0.2, 0.25) is 5.91 Å². The fourth-order valence-electron chi connectivity index (χ4n) is 1.19. The number of amides is 1. The highest BCUT2D eigenvalue weighted by atomic mass is 35.5. The molecule has 0 N–H and O–H groups in total. The number of nitrogens with zero attached hydrogens (tertiary/aromatic N) is 3. The van der Waals surface area contributed by atoms with Gasteiger partial charge in [0.1, 0.15) is 0 Å². The predicted octanol–water partition coefficient (Wildman–Crippen LogP) is 1.59. The molecule has 15 heavy (non-hydrogen) atoms. The molecular weight excluding hydrogens is 214 g/mol. The number of aromatic nitrogens is 2. The van der Waals surface area contributed by atoms with E-state index in [2.05, 4.69) is 11.6 Å². The van der Waals surface area contributed by atoms with Gasteiger partial charge in [-0.2, -0.15) is 0 Å². The molecule has 0 atom stereocenters. The van der Waals surface area contributed by atoms with E-state index in [1.165, 1.54) is 0 Å². The zero-order valence-corrected chi connectivity index (χ0v) is 9.61. The Morgan fingerprint density at radius 3 is 2.53 bits per heavy atom. The normalized spacial score (nSPS) is 13.9. The molecule has 5 heteroatoms. The molecular formula is C10H16ClN3O. The summed E-state index contributed by atoms with van der Waals surface area (Å²) in [7, 11) is 1.94. The zero-order valence-electron chi connectivity index (χ0n) is 8.80. The van der Waals surface area contributed by atoms with Crippen molar-refractivity contribution in [3.8, 4) is 0 Å². The highest BCUT2D eigenvalue weighted by Gasteiger charge is 2.15. The van der Waals surface area contributed by atoms with Crippen LogP contribution in [0.1, 0.15) is 12.8 Å². The molecule has 0 aliphatic carbocycles. The highest BCUT2D eigenvalue weighted by Crippen LogP contribution is 2.08. The van der Waals surface area contributed by atoms with Crippen LogP contribution in [0, 0.1) is 0 Å². The minimum absolute atomic E-state index is 0. The van der Waals surface area contributed by atoms with Gasteiger partial charge in [-0.1, -0.05) is 6.58 Å².